The van der Waals surface area contributed by atoms with Crippen LogP contribution in [0, 0.1) is 5.82 Å². The fourth-order valence-electron chi connectivity index (χ4n) is 1.28. The van der Waals surface area contributed by atoms with Crippen LogP contribution in [0.5, 0.6) is 0 Å². The van der Waals surface area contributed by atoms with Gasteiger partial charge in [-0.05, 0) is 24.1 Å². The standard InChI is InChI=1S/C10H10F5N.ClH/c11-4-3-9(16)6-1-2-7(8(12)5-6)10(13,14)15;/h1-2,5,9H,3-4,16H2;1H/t9-;/m1./s1. The Labute approximate surface area is 101 Å². The highest BCUT2D eigenvalue weighted by atomic mass is 35.5. The molecule has 0 saturated carbocycles. The van der Waals surface area contributed by atoms with E-state index in [0.717, 1.165) is 6.07 Å². The summed E-state index contributed by atoms with van der Waals surface area (Å²) < 4.78 is 61.6. The molecule has 0 aliphatic rings. The Balaban J connectivity index is 0.00000256. The van der Waals surface area contributed by atoms with Gasteiger partial charge in [-0.25, -0.2) is 4.39 Å². The zero-order chi connectivity index (χ0) is 12.3. The molecule has 0 bridgehead atoms. The molecule has 0 aromatic heterocycles. The summed E-state index contributed by atoms with van der Waals surface area (Å²) in [6, 6.07) is 1.58. The third kappa shape index (κ3) is 4.12. The third-order valence-electron chi connectivity index (χ3n) is 2.15. The average molecular weight is 276 g/mol. The first-order valence-electron chi connectivity index (χ1n) is 4.54. The maximum atomic E-state index is 13.1. The van der Waals surface area contributed by atoms with Crippen molar-refractivity contribution in [2.45, 2.75) is 18.6 Å². The normalized spacial score (nSPS) is 13.1. The third-order valence-corrected chi connectivity index (χ3v) is 2.15. The molecule has 98 valence electrons. The Morgan fingerprint density at radius 2 is 1.82 bits per heavy atom. The lowest BCUT2D eigenvalue weighted by Gasteiger charge is -2.13. The van der Waals surface area contributed by atoms with Crippen molar-refractivity contribution in [2.24, 2.45) is 5.73 Å². The number of hydrogen-bond acceptors (Lipinski definition) is 1. The topological polar surface area (TPSA) is 26.0 Å². The zero-order valence-electron chi connectivity index (χ0n) is 8.60. The summed E-state index contributed by atoms with van der Waals surface area (Å²) in [5.74, 6) is -1.39. The second kappa shape index (κ2) is 6.16. The lowest BCUT2D eigenvalue weighted by atomic mass is 10.0. The van der Waals surface area contributed by atoms with Crippen LogP contribution in [0.2, 0.25) is 0 Å². The molecule has 0 radical (unpaired) electrons. The number of benzene rings is 1. The van der Waals surface area contributed by atoms with Gasteiger partial charge in [-0.15, -0.1) is 12.4 Å². The van der Waals surface area contributed by atoms with Gasteiger partial charge in [-0.2, -0.15) is 13.2 Å². The molecule has 1 aromatic carbocycles. The quantitative estimate of drug-likeness (QED) is 0.838. The van der Waals surface area contributed by atoms with Crippen molar-refractivity contribution in [1.29, 1.82) is 0 Å². The van der Waals surface area contributed by atoms with Gasteiger partial charge in [0.05, 0.1) is 12.2 Å². The molecule has 1 atom stereocenters. The smallest absolute Gasteiger partial charge is 0.324 e. The van der Waals surface area contributed by atoms with E-state index in [2.05, 4.69) is 0 Å². The van der Waals surface area contributed by atoms with Gasteiger partial charge >= 0.3 is 6.18 Å². The lowest BCUT2D eigenvalue weighted by Crippen LogP contribution is -2.13. The minimum absolute atomic E-state index is 0. The van der Waals surface area contributed by atoms with Crippen LogP contribution in [-0.2, 0) is 6.18 Å². The second-order valence-electron chi connectivity index (χ2n) is 3.32. The summed E-state index contributed by atoms with van der Waals surface area (Å²) >= 11 is 0. The first-order chi connectivity index (χ1) is 7.36. The van der Waals surface area contributed by atoms with E-state index in [0.29, 0.717) is 12.1 Å². The van der Waals surface area contributed by atoms with Crippen LogP contribution in [-0.4, -0.2) is 6.67 Å². The lowest BCUT2D eigenvalue weighted by molar-refractivity contribution is -0.140. The molecule has 17 heavy (non-hydrogen) atoms. The molecule has 1 rings (SSSR count). The van der Waals surface area contributed by atoms with Crippen molar-refractivity contribution in [1.82, 2.24) is 0 Å². The van der Waals surface area contributed by atoms with Crippen molar-refractivity contribution >= 4 is 12.4 Å². The first kappa shape index (κ1) is 16.1. The molecule has 0 unspecified atom stereocenters. The SMILES string of the molecule is Cl.N[C@H](CCF)c1ccc(C(F)(F)F)c(F)c1. The highest BCUT2D eigenvalue weighted by Crippen LogP contribution is 2.32. The van der Waals surface area contributed by atoms with Gasteiger partial charge in [0.25, 0.3) is 0 Å². The molecular formula is C10H11ClF5N. The summed E-state index contributed by atoms with van der Waals surface area (Å²) in [5, 5.41) is 0. The fourth-order valence-corrected chi connectivity index (χ4v) is 1.28. The summed E-state index contributed by atoms with van der Waals surface area (Å²) in [6.07, 6.45) is -4.78. The summed E-state index contributed by atoms with van der Waals surface area (Å²) in [7, 11) is 0. The van der Waals surface area contributed by atoms with Crippen molar-refractivity contribution in [2.75, 3.05) is 6.67 Å². The van der Waals surface area contributed by atoms with E-state index in [9.17, 15) is 22.0 Å². The molecule has 0 fully saturated rings. The molecule has 0 saturated heterocycles. The van der Waals surface area contributed by atoms with Crippen molar-refractivity contribution in [3.63, 3.8) is 0 Å². The number of halogens is 6. The van der Waals surface area contributed by atoms with Crippen LogP contribution in [0.4, 0.5) is 22.0 Å². The monoisotopic (exact) mass is 275 g/mol. The molecule has 7 heteroatoms. The minimum atomic E-state index is -4.73. The Bertz CT molecular complexity index is 366. The maximum Gasteiger partial charge on any atom is 0.419 e. The largest absolute Gasteiger partial charge is 0.419 e. The van der Waals surface area contributed by atoms with Crippen molar-refractivity contribution < 1.29 is 22.0 Å². The van der Waals surface area contributed by atoms with E-state index in [1.807, 2.05) is 0 Å². The Morgan fingerprint density at radius 3 is 2.24 bits per heavy atom. The Morgan fingerprint density at radius 1 is 1.24 bits per heavy atom. The minimum Gasteiger partial charge on any atom is -0.324 e. The highest BCUT2D eigenvalue weighted by Gasteiger charge is 2.34. The predicted molar refractivity (Wildman–Crippen MR) is 56.2 cm³/mol. The van der Waals surface area contributed by atoms with E-state index in [1.165, 1.54) is 0 Å². The molecule has 2 N–H and O–H groups in total. The van der Waals surface area contributed by atoms with Crippen LogP contribution in [0.15, 0.2) is 18.2 Å². The van der Waals surface area contributed by atoms with Gasteiger partial charge in [0, 0.05) is 6.04 Å². The van der Waals surface area contributed by atoms with Gasteiger partial charge in [-0.3, -0.25) is 4.39 Å². The molecule has 1 aromatic rings. The second-order valence-corrected chi connectivity index (χ2v) is 3.32. The Hall–Kier alpha value is -0.880. The van der Waals surface area contributed by atoms with E-state index in [-0.39, 0.29) is 24.4 Å². The van der Waals surface area contributed by atoms with Gasteiger partial charge in [0.1, 0.15) is 5.82 Å². The average Bonchev–Trinajstić information content (AvgIpc) is 2.16. The summed E-state index contributed by atoms with van der Waals surface area (Å²) in [4.78, 5) is 0. The molecule has 1 nitrogen and oxygen atoms in total. The highest BCUT2D eigenvalue weighted by molar-refractivity contribution is 5.85. The summed E-state index contributed by atoms with van der Waals surface area (Å²) in [5.41, 5.74) is 4.26. The van der Waals surface area contributed by atoms with Crippen LogP contribution in [0.25, 0.3) is 0 Å². The number of rotatable bonds is 3. The van der Waals surface area contributed by atoms with Gasteiger partial charge in [0.15, 0.2) is 0 Å². The zero-order valence-corrected chi connectivity index (χ0v) is 9.42. The molecule has 0 spiro atoms. The van der Waals surface area contributed by atoms with Crippen molar-refractivity contribution in [3.8, 4) is 0 Å². The van der Waals surface area contributed by atoms with E-state index >= 15 is 0 Å². The van der Waals surface area contributed by atoms with E-state index < -0.39 is 30.3 Å². The van der Waals surface area contributed by atoms with Gasteiger partial charge < -0.3 is 5.73 Å². The van der Waals surface area contributed by atoms with E-state index in [4.69, 9.17) is 5.73 Å². The van der Waals surface area contributed by atoms with Crippen LogP contribution >= 0.6 is 12.4 Å². The van der Waals surface area contributed by atoms with Gasteiger partial charge in [0.2, 0.25) is 0 Å². The van der Waals surface area contributed by atoms with E-state index in [1.54, 1.807) is 0 Å². The molecule has 0 aliphatic carbocycles. The van der Waals surface area contributed by atoms with Crippen LogP contribution in [0.1, 0.15) is 23.6 Å². The number of hydrogen-bond donors (Lipinski definition) is 1. The fraction of sp³-hybridized carbons (Fsp3) is 0.400. The number of alkyl halides is 4. The first-order valence-corrected chi connectivity index (χ1v) is 4.54. The molecule has 0 aliphatic heterocycles. The summed E-state index contributed by atoms with van der Waals surface area (Å²) in [6.45, 7) is -0.705. The van der Waals surface area contributed by atoms with Crippen LogP contribution < -0.4 is 5.73 Å². The molecule has 0 heterocycles. The maximum absolute atomic E-state index is 13.1. The van der Waals surface area contributed by atoms with Crippen LogP contribution in [0.3, 0.4) is 0 Å². The molecular weight excluding hydrogens is 265 g/mol. The number of nitrogens with two attached hydrogens (primary N) is 1. The van der Waals surface area contributed by atoms with Gasteiger partial charge in [-0.1, -0.05) is 6.07 Å². The molecule has 0 amide bonds. The Kier molecular flexibility index (Phi) is 5.84. The van der Waals surface area contributed by atoms with Crippen molar-refractivity contribution in [3.05, 3.63) is 35.1 Å². The predicted octanol–water partition coefficient (Wildman–Crippen LogP) is 3.63.